The first-order valence-electron chi connectivity index (χ1n) is 7.75. The van der Waals surface area contributed by atoms with E-state index in [4.69, 9.17) is 16.3 Å². The molecule has 0 bridgehead atoms. The molecular formula is C17H27ClN2O2. The van der Waals surface area contributed by atoms with Crippen LogP contribution in [0.1, 0.15) is 46.1 Å². The molecule has 0 spiro atoms. The average molecular weight is 327 g/mol. The largest absolute Gasteiger partial charge is 0.444 e. The SMILES string of the molecule is CCCC(CNC(=O)OC(C)(C)C)NCc1ccc(Cl)cc1. The third-order valence-electron chi connectivity index (χ3n) is 3.04. The van der Waals surface area contributed by atoms with E-state index >= 15 is 0 Å². The van der Waals surface area contributed by atoms with E-state index in [1.807, 2.05) is 45.0 Å². The van der Waals surface area contributed by atoms with Crippen LogP contribution in [-0.2, 0) is 11.3 Å². The van der Waals surface area contributed by atoms with E-state index in [1.54, 1.807) is 0 Å². The van der Waals surface area contributed by atoms with Crippen LogP contribution in [0.4, 0.5) is 4.79 Å². The van der Waals surface area contributed by atoms with Crippen LogP contribution in [0.3, 0.4) is 0 Å². The van der Waals surface area contributed by atoms with Crippen molar-refractivity contribution >= 4 is 17.7 Å². The fraction of sp³-hybridized carbons (Fsp3) is 0.588. The van der Waals surface area contributed by atoms with E-state index in [2.05, 4.69) is 17.6 Å². The lowest BCUT2D eigenvalue weighted by Crippen LogP contribution is -2.42. The van der Waals surface area contributed by atoms with Crippen molar-refractivity contribution in [2.75, 3.05) is 6.54 Å². The summed E-state index contributed by atoms with van der Waals surface area (Å²) in [5, 5.41) is 7.02. The number of nitrogens with one attached hydrogen (secondary N) is 2. The average Bonchev–Trinajstić information content (AvgIpc) is 2.42. The Kier molecular flexibility index (Phi) is 7.69. The van der Waals surface area contributed by atoms with Gasteiger partial charge in [0.25, 0.3) is 0 Å². The Morgan fingerprint density at radius 1 is 1.27 bits per heavy atom. The van der Waals surface area contributed by atoms with Crippen molar-refractivity contribution in [2.24, 2.45) is 0 Å². The van der Waals surface area contributed by atoms with Crippen LogP contribution in [-0.4, -0.2) is 24.3 Å². The lowest BCUT2D eigenvalue weighted by Gasteiger charge is -2.22. The number of carbonyl (C=O) groups is 1. The van der Waals surface area contributed by atoms with Gasteiger partial charge in [-0.25, -0.2) is 4.79 Å². The lowest BCUT2D eigenvalue weighted by molar-refractivity contribution is 0.0521. The minimum atomic E-state index is -0.471. The highest BCUT2D eigenvalue weighted by Crippen LogP contribution is 2.10. The fourth-order valence-corrected chi connectivity index (χ4v) is 2.14. The molecule has 1 rings (SSSR count). The highest BCUT2D eigenvalue weighted by atomic mass is 35.5. The molecule has 0 aliphatic rings. The van der Waals surface area contributed by atoms with E-state index in [0.717, 1.165) is 24.4 Å². The molecule has 0 aliphatic carbocycles. The van der Waals surface area contributed by atoms with Crippen molar-refractivity contribution in [1.29, 1.82) is 0 Å². The summed E-state index contributed by atoms with van der Waals surface area (Å²) in [7, 11) is 0. The molecule has 0 heterocycles. The Labute approximate surface area is 138 Å². The van der Waals surface area contributed by atoms with Crippen LogP contribution in [0.2, 0.25) is 5.02 Å². The highest BCUT2D eigenvalue weighted by Gasteiger charge is 2.17. The molecular weight excluding hydrogens is 300 g/mol. The maximum Gasteiger partial charge on any atom is 0.407 e. The van der Waals surface area contributed by atoms with Crippen molar-refractivity contribution < 1.29 is 9.53 Å². The summed E-state index contributed by atoms with van der Waals surface area (Å²) in [6, 6.07) is 7.98. The number of hydrogen-bond donors (Lipinski definition) is 2. The van der Waals surface area contributed by atoms with Crippen molar-refractivity contribution in [3.63, 3.8) is 0 Å². The van der Waals surface area contributed by atoms with Crippen molar-refractivity contribution in [2.45, 2.75) is 58.7 Å². The summed E-state index contributed by atoms with van der Waals surface area (Å²) in [5.41, 5.74) is 0.698. The second-order valence-electron chi connectivity index (χ2n) is 6.38. The standard InChI is InChI=1S/C17H27ClN2O2/c1-5-6-15(12-20-16(21)22-17(2,3)4)19-11-13-7-9-14(18)10-8-13/h7-10,15,19H,5-6,11-12H2,1-4H3,(H,20,21). The third-order valence-corrected chi connectivity index (χ3v) is 3.29. The molecule has 5 heteroatoms. The smallest absolute Gasteiger partial charge is 0.407 e. The molecule has 1 unspecified atom stereocenters. The van der Waals surface area contributed by atoms with Gasteiger partial charge < -0.3 is 15.4 Å². The number of ether oxygens (including phenoxy) is 1. The molecule has 0 aliphatic heterocycles. The maximum atomic E-state index is 11.7. The summed E-state index contributed by atoms with van der Waals surface area (Å²) in [4.78, 5) is 11.7. The molecule has 1 aromatic rings. The van der Waals surface area contributed by atoms with E-state index in [1.165, 1.54) is 5.56 Å². The molecule has 124 valence electrons. The molecule has 0 aromatic heterocycles. The van der Waals surface area contributed by atoms with Crippen LogP contribution in [0.15, 0.2) is 24.3 Å². The molecule has 4 nitrogen and oxygen atoms in total. The number of amides is 1. The van der Waals surface area contributed by atoms with Crippen molar-refractivity contribution in [3.8, 4) is 0 Å². The van der Waals surface area contributed by atoms with Gasteiger partial charge >= 0.3 is 6.09 Å². The quantitative estimate of drug-likeness (QED) is 0.792. The van der Waals surface area contributed by atoms with Gasteiger partial charge in [-0.2, -0.15) is 0 Å². The van der Waals surface area contributed by atoms with E-state index in [-0.39, 0.29) is 12.1 Å². The second kappa shape index (κ2) is 9.01. The first kappa shape index (κ1) is 18.8. The van der Waals surface area contributed by atoms with E-state index in [9.17, 15) is 4.79 Å². The minimum absolute atomic E-state index is 0.216. The van der Waals surface area contributed by atoms with Gasteiger partial charge in [-0.05, 0) is 44.9 Å². The van der Waals surface area contributed by atoms with Gasteiger partial charge in [0.2, 0.25) is 0 Å². The van der Waals surface area contributed by atoms with Crippen molar-refractivity contribution in [1.82, 2.24) is 10.6 Å². The predicted octanol–water partition coefficient (Wildman–Crippen LogP) is 4.12. The normalized spacial score (nSPS) is 12.8. The van der Waals surface area contributed by atoms with Gasteiger partial charge in [0.1, 0.15) is 5.60 Å². The molecule has 0 saturated carbocycles. The van der Waals surface area contributed by atoms with Crippen molar-refractivity contribution in [3.05, 3.63) is 34.9 Å². The van der Waals surface area contributed by atoms with Crippen LogP contribution in [0.25, 0.3) is 0 Å². The molecule has 1 aromatic carbocycles. The van der Waals surface area contributed by atoms with Gasteiger partial charge in [0.15, 0.2) is 0 Å². The predicted molar refractivity (Wildman–Crippen MR) is 91.2 cm³/mol. The van der Waals surface area contributed by atoms with Crippen LogP contribution >= 0.6 is 11.6 Å². The van der Waals surface area contributed by atoms with Gasteiger partial charge in [0, 0.05) is 24.2 Å². The molecule has 1 amide bonds. The monoisotopic (exact) mass is 326 g/mol. The fourth-order valence-electron chi connectivity index (χ4n) is 2.01. The molecule has 1 atom stereocenters. The van der Waals surface area contributed by atoms with Crippen LogP contribution < -0.4 is 10.6 Å². The molecule has 2 N–H and O–H groups in total. The van der Waals surface area contributed by atoms with E-state index in [0.29, 0.717) is 6.54 Å². The topological polar surface area (TPSA) is 50.4 Å². The number of rotatable bonds is 7. The van der Waals surface area contributed by atoms with Crippen LogP contribution in [0.5, 0.6) is 0 Å². The summed E-state index contributed by atoms with van der Waals surface area (Å²) in [5.74, 6) is 0. The highest BCUT2D eigenvalue weighted by molar-refractivity contribution is 6.30. The zero-order chi connectivity index (χ0) is 16.6. The van der Waals surface area contributed by atoms with Gasteiger partial charge in [-0.3, -0.25) is 0 Å². The van der Waals surface area contributed by atoms with Gasteiger partial charge in [0.05, 0.1) is 0 Å². The second-order valence-corrected chi connectivity index (χ2v) is 6.81. The maximum absolute atomic E-state index is 11.7. The first-order chi connectivity index (χ1) is 10.3. The Morgan fingerprint density at radius 3 is 2.45 bits per heavy atom. The number of carbonyl (C=O) groups excluding carboxylic acids is 1. The summed E-state index contributed by atoms with van der Waals surface area (Å²) in [6.07, 6.45) is 1.67. The Bertz CT molecular complexity index is 455. The first-order valence-corrected chi connectivity index (χ1v) is 8.12. The Hall–Kier alpha value is -1.26. The molecule has 0 fully saturated rings. The molecule has 0 saturated heterocycles. The van der Waals surface area contributed by atoms with Gasteiger partial charge in [-0.15, -0.1) is 0 Å². The lowest BCUT2D eigenvalue weighted by atomic mass is 10.1. The number of benzene rings is 1. The molecule has 22 heavy (non-hydrogen) atoms. The zero-order valence-electron chi connectivity index (χ0n) is 13.9. The number of halogens is 1. The number of alkyl carbamates (subject to hydrolysis) is 1. The summed E-state index contributed by atoms with van der Waals surface area (Å²) in [6.45, 7) is 9.00. The number of hydrogen-bond acceptors (Lipinski definition) is 3. The minimum Gasteiger partial charge on any atom is -0.444 e. The van der Waals surface area contributed by atoms with E-state index < -0.39 is 5.60 Å². The Morgan fingerprint density at radius 2 is 1.91 bits per heavy atom. The summed E-state index contributed by atoms with van der Waals surface area (Å²) < 4.78 is 5.25. The van der Waals surface area contributed by atoms with Gasteiger partial charge in [-0.1, -0.05) is 37.1 Å². The molecule has 0 radical (unpaired) electrons. The zero-order valence-corrected chi connectivity index (χ0v) is 14.7. The van der Waals surface area contributed by atoms with Crippen LogP contribution in [0, 0.1) is 0 Å². The third kappa shape index (κ3) is 8.25. The Balaban J connectivity index is 2.41. The summed E-state index contributed by atoms with van der Waals surface area (Å²) >= 11 is 5.88.